The Bertz CT molecular complexity index is 963. The van der Waals surface area contributed by atoms with Gasteiger partial charge in [0.25, 0.3) is 0 Å². The molecule has 0 spiro atoms. The predicted molar refractivity (Wildman–Crippen MR) is 88.0 cm³/mol. The monoisotopic (exact) mass is 327 g/mol. The highest BCUT2D eigenvalue weighted by molar-refractivity contribution is 5.92. The summed E-state index contributed by atoms with van der Waals surface area (Å²) in [5.74, 6) is -1.61. The van der Waals surface area contributed by atoms with E-state index in [0.717, 1.165) is 11.3 Å². The molecule has 0 aliphatic rings. The molecule has 122 valence electrons. The van der Waals surface area contributed by atoms with Crippen molar-refractivity contribution in [3.05, 3.63) is 75.9 Å². The fraction of sp³-hybridized carbons (Fsp3) is 0.111. The first-order chi connectivity index (χ1) is 11.4. The molecule has 3 rings (SSSR count). The Labute approximate surface area is 136 Å². The van der Waals surface area contributed by atoms with Gasteiger partial charge >= 0.3 is 11.6 Å². The van der Waals surface area contributed by atoms with Crippen LogP contribution in [0, 0.1) is 5.82 Å². The average Bonchev–Trinajstić information content (AvgIpc) is 2.55. The summed E-state index contributed by atoms with van der Waals surface area (Å²) in [6.45, 7) is 0.545. The molecule has 2 aromatic carbocycles. The summed E-state index contributed by atoms with van der Waals surface area (Å²) in [7, 11) is 1.86. The third kappa shape index (κ3) is 3.12. The van der Waals surface area contributed by atoms with Gasteiger partial charge in [-0.1, -0.05) is 12.1 Å². The van der Waals surface area contributed by atoms with Crippen LogP contribution in [0.3, 0.4) is 0 Å². The maximum Gasteiger partial charge on any atom is 0.351 e. The summed E-state index contributed by atoms with van der Waals surface area (Å²) in [4.78, 5) is 24.6. The number of carboxylic acids is 1. The van der Waals surface area contributed by atoms with Crippen molar-refractivity contribution >= 4 is 22.6 Å². The van der Waals surface area contributed by atoms with Gasteiger partial charge in [-0.2, -0.15) is 0 Å². The number of nitrogens with zero attached hydrogens (tertiary/aromatic N) is 1. The number of halogens is 1. The van der Waals surface area contributed by atoms with E-state index in [1.165, 1.54) is 18.2 Å². The Morgan fingerprint density at radius 3 is 2.54 bits per heavy atom. The molecule has 0 aliphatic heterocycles. The maximum atomic E-state index is 13.0. The van der Waals surface area contributed by atoms with Crippen LogP contribution in [0.15, 0.2) is 57.7 Å². The van der Waals surface area contributed by atoms with Crippen LogP contribution in [0.4, 0.5) is 10.1 Å². The summed E-state index contributed by atoms with van der Waals surface area (Å²) >= 11 is 0. The molecule has 1 N–H and O–H groups in total. The van der Waals surface area contributed by atoms with Gasteiger partial charge in [-0.3, -0.25) is 0 Å². The van der Waals surface area contributed by atoms with E-state index < -0.39 is 17.2 Å². The van der Waals surface area contributed by atoms with E-state index in [9.17, 15) is 14.0 Å². The molecular weight excluding hydrogens is 313 g/mol. The predicted octanol–water partition coefficient (Wildman–Crippen LogP) is 3.27. The van der Waals surface area contributed by atoms with Crippen molar-refractivity contribution in [1.82, 2.24) is 0 Å². The van der Waals surface area contributed by atoms with Crippen LogP contribution in [0.5, 0.6) is 0 Å². The van der Waals surface area contributed by atoms with E-state index in [1.54, 1.807) is 30.3 Å². The van der Waals surface area contributed by atoms with E-state index in [1.807, 2.05) is 11.9 Å². The SMILES string of the molecule is CN(Cc1ccc(F)cc1)c1ccc2cc(C(=O)O)c(=O)oc2c1. The lowest BCUT2D eigenvalue weighted by atomic mass is 10.1. The molecule has 0 amide bonds. The summed E-state index contributed by atoms with van der Waals surface area (Å²) in [5, 5.41) is 9.49. The van der Waals surface area contributed by atoms with Crippen molar-refractivity contribution in [3.63, 3.8) is 0 Å². The summed E-state index contributed by atoms with van der Waals surface area (Å²) < 4.78 is 18.0. The third-order valence-corrected chi connectivity index (χ3v) is 3.72. The zero-order valence-electron chi connectivity index (χ0n) is 12.8. The van der Waals surface area contributed by atoms with Gasteiger partial charge in [-0.25, -0.2) is 14.0 Å². The van der Waals surface area contributed by atoms with Crippen molar-refractivity contribution < 1.29 is 18.7 Å². The normalized spacial score (nSPS) is 10.8. The molecule has 3 aromatic rings. The number of fused-ring (bicyclic) bond motifs is 1. The van der Waals surface area contributed by atoms with Crippen LogP contribution < -0.4 is 10.5 Å². The molecule has 1 aromatic heterocycles. The minimum absolute atomic E-state index is 0.289. The van der Waals surface area contributed by atoms with E-state index >= 15 is 0 Å². The van der Waals surface area contributed by atoms with Crippen LogP contribution >= 0.6 is 0 Å². The molecule has 0 unspecified atom stereocenters. The van der Waals surface area contributed by atoms with Gasteiger partial charge in [-0.15, -0.1) is 0 Å². The number of aromatic carboxylic acids is 1. The Morgan fingerprint density at radius 2 is 1.88 bits per heavy atom. The average molecular weight is 327 g/mol. The highest BCUT2D eigenvalue weighted by Crippen LogP contribution is 2.22. The number of carboxylic acid groups (broad SMARTS) is 1. The highest BCUT2D eigenvalue weighted by Gasteiger charge is 2.13. The third-order valence-electron chi connectivity index (χ3n) is 3.72. The fourth-order valence-corrected chi connectivity index (χ4v) is 2.44. The molecule has 1 heterocycles. The molecule has 0 aliphatic carbocycles. The standard InChI is InChI=1S/C18H14FNO4/c1-20(10-11-2-5-13(19)6-3-11)14-7-4-12-8-15(17(21)22)18(23)24-16(12)9-14/h2-9H,10H2,1H3,(H,21,22). The van der Waals surface area contributed by atoms with Gasteiger partial charge in [0.1, 0.15) is 17.0 Å². The van der Waals surface area contributed by atoms with Crippen molar-refractivity contribution in [2.24, 2.45) is 0 Å². The van der Waals surface area contributed by atoms with Crippen LogP contribution in [-0.2, 0) is 6.54 Å². The quantitative estimate of drug-likeness (QED) is 0.745. The van der Waals surface area contributed by atoms with Crippen LogP contribution in [-0.4, -0.2) is 18.1 Å². The van der Waals surface area contributed by atoms with Gasteiger partial charge in [-0.05, 0) is 35.9 Å². The van der Waals surface area contributed by atoms with Gasteiger partial charge in [0.05, 0.1) is 0 Å². The van der Waals surface area contributed by atoms with E-state index in [4.69, 9.17) is 9.52 Å². The number of rotatable bonds is 4. The highest BCUT2D eigenvalue weighted by atomic mass is 19.1. The zero-order chi connectivity index (χ0) is 17.3. The summed E-state index contributed by atoms with van der Waals surface area (Å²) in [6, 6.07) is 12.7. The fourth-order valence-electron chi connectivity index (χ4n) is 2.44. The first-order valence-corrected chi connectivity index (χ1v) is 7.21. The Balaban J connectivity index is 1.92. The van der Waals surface area contributed by atoms with Gasteiger partial charge < -0.3 is 14.4 Å². The number of hydrogen-bond donors (Lipinski definition) is 1. The minimum atomic E-state index is -1.32. The number of benzene rings is 2. The second-order valence-electron chi connectivity index (χ2n) is 5.46. The Morgan fingerprint density at radius 1 is 1.17 bits per heavy atom. The molecule has 0 bridgehead atoms. The first kappa shape index (κ1) is 15.7. The maximum absolute atomic E-state index is 13.0. The largest absolute Gasteiger partial charge is 0.477 e. The molecule has 6 heteroatoms. The van der Waals surface area contributed by atoms with Crippen LogP contribution in [0.2, 0.25) is 0 Å². The molecule has 5 nitrogen and oxygen atoms in total. The molecule has 0 atom stereocenters. The lowest BCUT2D eigenvalue weighted by Crippen LogP contribution is -2.16. The molecule has 0 saturated heterocycles. The second kappa shape index (κ2) is 6.16. The number of hydrogen-bond acceptors (Lipinski definition) is 4. The van der Waals surface area contributed by atoms with Crippen molar-refractivity contribution in [1.29, 1.82) is 0 Å². The van der Waals surface area contributed by atoms with Crippen LogP contribution in [0.1, 0.15) is 15.9 Å². The van der Waals surface area contributed by atoms with E-state index in [0.29, 0.717) is 17.5 Å². The Kier molecular flexibility index (Phi) is 4.04. The Hall–Kier alpha value is -3.15. The van der Waals surface area contributed by atoms with Crippen molar-refractivity contribution in [3.8, 4) is 0 Å². The zero-order valence-corrected chi connectivity index (χ0v) is 12.8. The number of carbonyl (C=O) groups is 1. The van der Waals surface area contributed by atoms with E-state index in [-0.39, 0.29) is 5.82 Å². The van der Waals surface area contributed by atoms with E-state index in [2.05, 4.69) is 0 Å². The summed E-state index contributed by atoms with van der Waals surface area (Å²) in [5.41, 5.74) is 0.761. The van der Waals surface area contributed by atoms with Gasteiger partial charge in [0.15, 0.2) is 0 Å². The van der Waals surface area contributed by atoms with Crippen LogP contribution in [0.25, 0.3) is 11.0 Å². The smallest absolute Gasteiger partial charge is 0.351 e. The lowest BCUT2D eigenvalue weighted by Gasteiger charge is -2.19. The second-order valence-corrected chi connectivity index (χ2v) is 5.46. The minimum Gasteiger partial charge on any atom is -0.477 e. The molecule has 24 heavy (non-hydrogen) atoms. The number of anilines is 1. The lowest BCUT2D eigenvalue weighted by molar-refractivity contribution is 0.0692. The summed E-state index contributed by atoms with van der Waals surface area (Å²) in [6.07, 6.45) is 0. The van der Waals surface area contributed by atoms with Gasteiger partial charge in [0, 0.05) is 30.7 Å². The molecular formula is C18H14FNO4. The molecule has 0 radical (unpaired) electrons. The van der Waals surface area contributed by atoms with Crippen molar-refractivity contribution in [2.75, 3.05) is 11.9 Å². The molecule has 0 fully saturated rings. The first-order valence-electron chi connectivity index (χ1n) is 7.21. The topological polar surface area (TPSA) is 70.8 Å². The van der Waals surface area contributed by atoms with Gasteiger partial charge in [0.2, 0.25) is 0 Å². The van der Waals surface area contributed by atoms with Crippen molar-refractivity contribution in [2.45, 2.75) is 6.54 Å². The molecule has 0 saturated carbocycles.